The van der Waals surface area contributed by atoms with E-state index in [2.05, 4.69) is 154 Å². The van der Waals surface area contributed by atoms with Gasteiger partial charge in [-0.05, 0) is 135 Å². The van der Waals surface area contributed by atoms with E-state index in [1.54, 1.807) is 0 Å². The van der Waals surface area contributed by atoms with Crippen LogP contribution in [-0.4, -0.2) is 37.2 Å². The number of hydrogen-bond donors (Lipinski definition) is 0. The van der Waals surface area contributed by atoms with Crippen molar-refractivity contribution in [2.24, 2.45) is 0 Å². The third-order valence-electron chi connectivity index (χ3n) is 13.4. The van der Waals surface area contributed by atoms with Gasteiger partial charge in [-0.3, -0.25) is 14.4 Å². The highest BCUT2D eigenvalue weighted by Crippen LogP contribution is 2.15. The van der Waals surface area contributed by atoms with E-state index in [0.29, 0.717) is 19.3 Å². The number of ether oxygens (including phenoxy) is 3. The first kappa shape index (κ1) is 73.5. The van der Waals surface area contributed by atoms with Crippen LogP contribution < -0.4 is 0 Å². The summed E-state index contributed by atoms with van der Waals surface area (Å²) in [5.41, 5.74) is 0. The summed E-state index contributed by atoms with van der Waals surface area (Å²) in [5, 5.41) is 0. The highest BCUT2D eigenvalue weighted by atomic mass is 16.6. The number of hydrogen-bond acceptors (Lipinski definition) is 6. The summed E-state index contributed by atoms with van der Waals surface area (Å²) in [4.78, 5) is 38.3. The Labute approximate surface area is 481 Å². The largest absolute Gasteiger partial charge is 0.462 e. The molecule has 0 spiro atoms. The lowest BCUT2D eigenvalue weighted by Crippen LogP contribution is -2.30. The van der Waals surface area contributed by atoms with Crippen molar-refractivity contribution < 1.29 is 28.6 Å². The first-order valence-corrected chi connectivity index (χ1v) is 32.2. The summed E-state index contributed by atoms with van der Waals surface area (Å²) in [6.07, 6.45) is 91.6. The summed E-state index contributed by atoms with van der Waals surface area (Å²) in [7, 11) is 0. The Hall–Kier alpha value is -4.45. The molecule has 6 nitrogen and oxygen atoms in total. The molecule has 78 heavy (non-hydrogen) atoms. The van der Waals surface area contributed by atoms with Crippen molar-refractivity contribution in [3.8, 4) is 0 Å². The van der Waals surface area contributed by atoms with Crippen LogP contribution in [0, 0.1) is 0 Å². The minimum Gasteiger partial charge on any atom is -0.462 e. The maximum atomic E-state index is 12.9. The van der Waals surface area contributed by atoms with Crippen molar-refractivity contribution in [2.45, 2.75) is 290 Å². The standard InChI is InChI=1S/C72H118O6/c1-4-7-10-13-16-19-22-25-28-30-32-34-35-36-37-39-40-42-44-47-50-53-56-59-62-65-71(74)77-68-69(67-76-70(73)64-61-58-55-52-49-46-27-24-21-18-15-12-9-6-3)78-72(75)66-63-60-57-54-51-48-45-43-41-38-33-31-29-26-23-20-17-14-11-8-5-2/h7-8,10-11,16-17,19-20,24-29,32-34,36-38,40,42,69H,4-6,9,12-15,18,21-23,30-31,35,39,41,43-68H2,1-3H3/b10-7-,11-8-,19-16-,20-17-,27-24-,28-25-,29-26-,34-32-,37-36-,38-33-,42-40-. The van der Waals surface area contributed by atoms with Gasteiger partial charge in [-0.15, -0.1) is 0 Å². The predicted octanol–water partition coefficient (Wildman–Crippen LogP) is 22.2. The molecule has 0 heterocycles. The second-order valence-electron chi connectivity index (χ2n) is 20.9. The average Bonchev–Trinajstić information content (AvgIpc) is 3.44. The van der Waals surface area contributed by atoms with Gasteiger partial charge < -0.3 is 14.2 Å². The first-order valence-electron chi connectivity index (χ1n) is 32.2. The molecular formula is C72H118O6. The van der Waals surface area contributed by atoms with E-state index >= 15 is 0 Å². The van der Waals surface area contributed by atoms with Crippen LogP contribution in [0.5, 0.6) is 0 Å². The topological polar surface area (TPSA) is 78.9 Å². The van der Waals surface area contributed by atoms with Crippen LogP contribution in [0.25, 0.3) is 0 Å². The van der Waals surface area contributed by atoms with E-state index in [0.717, 1.165) is 148 Å². The average molecular weight is 1080 g/mol. The van der Waals surface area contributed by atoms with Gasteiger partial charge in [-0.2, -0.15) is 0 Å². The Kier molecular flexibility index (Phi) is 61.4. The molecule has 0 amide bonds. The molecule has 0 saturated carbocycles. The predicted molar refractivity (Wildman–Crippen MR) is 339 cm³/mol. The fourth-order valence-corrected chi connectivity index (χ4v) is 8.61. The lowest BCUT2D eigenvalue weighted by atomic mass is 10.1. The molecule has 0 bridgehead atoms. The molecular weight excluding hydrogens is 961 g/mol. The Morgan fingerprint density at radius 3 is 0.795 bits per heavy atom. The second-order valence-corrected chi connectivity index (χ2v) is 20.9. The molecule has 0 aliphatic heterocycles. The van der Waals surface area contributed by atoms with Crippen LogP contribution in [0.4, 0.5) is 0 Å². The van der Waals surface area contributed by atoms with Gasteiger partial charge in [-0.1, -0.05) is 264 Å². The Balaban J connectivity index is 4.42. The van der Waals surface area contributed by atoms with Crippen molar-refractivity contribution in [1.82, 2.24) is 0 Å². The van der Waals surface area contributed by atoms with Crippen LogP contribution in [0.15, 0.2) is 134 Å². The van der Waals surface area contributed by atoms with E-state index in [1.165, 1.54) is 96.3 Å². The molecule has 0 aromatic carbocycles. The number of rotatable bonds is 57. The van der Waals surface area contributed by atoms with E-state index in [1.807, 2.05) is 0 Å². The third-order valence-corrected chi connectivity index (χ3v) is 13.4. The van der Waals surface area contributed by atoms with Gasteiger partial charge in [0.05, 0.1) is 0 Å². The molecule has 1 atom stereocenters. The lowest BCUT2D eigenvalue weighted by Gasteiger charge is -2.18. The molecule has 0 fully saturated rings. The van der Waals surface area contributed by atoms with Gasteiger partial charge in [-0.25, -0.2) is 0 Å². The molecule has 0 radical (unpaired) electrons. The number of carbonyl (C=O) groups excluding carboxylic acids is 3. The molecule has 0 aliphatic carbocycles. The zero-order valence-electron chi connectivity index (χ0n) is 50.6. The van der Waals surface area contributed by atoms with Crippen molar-refractivity contribution >= 4 is 17.9 Å². The van der Waals surface area contributed by atoms with E-state index in [4.69, 9.17) is 14.2 Å². The van der Waals surface area contributed by atoms with E-state index in [9.17, 15) is 14.4 Å². The number of carbonyl (C=O) groups is 3. The molecule has 0 saturated heterocycles. The fourth-order valence-electron chi connectivity index (χ4n) is 8.61. The van der Waals surface area contributed by atoms with Crippen molar-refractivity contribution in [2.75, 3.05) is 13.2 Å². The summed E-state index contributed by atoms with van der Waals surface area (Å²) in [6, 6.07) is 0. The summed E-state index contributed by atoms with van der Waals surface area (Å²) >= 11 is 0. The highest BCUT2D eigenvalue weighted by molar-refractivity contribution is 5.71. The quantitative estimate of drug-likeness (QED) is 0.0261. The first-order chi connectivity index (χ1) is 38.5. The van der Waals surface area contributed by atoms with Crippen LogP contribution >= 0.6 is 0 Å². The zero-order valence-corrected chi connectivity index (χ0v) is 50.6. The van der Waals surface area contributed by atoms with Gasteiger partial charge in [0.2, 0.25) is 0 Å². The van der Waals surface area contributed by atoms with Gasteiger partial charge in [0.1, 0.15) is 13.2 Å². The Morgan fingerprint density at radius 1 is 0.269 bits per heavy atom. The smallest absolute Gasteiger partial charge is 0.306 e. The lowest BCUT2D eigenvalue weighted by molar-refractivity contribution is -0.167. The number of allylic oxidation sites excluding steroid dienone is 22. The maximum absolute atomic E-state index is 12.9. The summed E-state index contributed by atoms with van der Waals surface area (Å²) < 4.78 is 16.9. The van der Waals surface area contributed by atoms with Gasteiger partial charge in [0, 0.05) is 19.3 Å². The van der Waals surface area contributed by atoms with E-state index in [-0.39, 0.29) is 31.1 Å². The molecule has 0 N–H and O–H groups in total. The molecule has 0 aromatic heterocycles. The minimum absolute atomic E-state index is 0.0936. The SMILES string of the molecule is CC/C=C\C/C=C\C/C=C\C/C=C\C/C=C\C/C=C\CCCCCCCCC(=O)OCC(COC(=O)CCCCCCC/C=C\CCCCCCC)OC(=O)CCCCCCCCCC/C=C\C/C=C\C/C=C\C/C=C\CC. The van der Waals surface area contributed by atoms with Crippen LogP contribution in [-0.2, 0) is 28.6 Å². The molecule has 0 aliphatic rings. The second kappa shape index (κ2) is 65.1. The molecule has 1 unspecified atom stereocenters. The molecule has 0 aromatic rings. The normalized spacial score (nSPS) is 13.0. The van der Waals surface area contributed by atoms with E-state index < -0.39 is 6.10 Å². The van der Waals surface area contributed by atoms with Crippen LogP contribution in [0.1, 0.15) is 284 Å². The number of unbranched alkanes of at least 4 members (excludes halogenated alkanes) is 24. The van der Waals surface area contributed by atoms with Gasteiger partial charge in [0.25, 0.3) is 0 Å². The maximum Gasteiger partial charge on any atom is 0.306 e. The van der Waals surface area contributed by atoms with Crippen molar-refractivity contribution in [3.63, 3.8) is 0 Å². The monoisotopic (exact) mass is 1080 g/mol. The Bertz CT molecular complexity index is 1670. The van der Waals surface area contributed by atoms with Crippen LogP contribution in [0.2, 0.25) is 0 Å². The summed E-state index contributed by atoms with van der Waals surface area (Å²) in [5.74, 6) is -0.922. The Morgan fingerprint density at radius 2 is 0.500 bits per heavy atom. The minimum atomic E-state index is -0.798. The van der Waals surface area contributed by atoms with Gasteiger partial charge in [0.15, 0.2) is 6.10 Å². The molecule has 0 rings (SSSR count). The highest BCUT2D eigenvalue weighted by Gasteiger charge is 2.19. The zero-order chi connectivity index (χ0) is 56.4. The third kappa shape index (κ3) is 62.4. The van der Waals surface area contributed by atoms with Gasteiger partial charge >= 0.3 is 17.9 Å². The van der Waals surface area contributed by atoms with Crippen molar-refractivity contribution in [3.05, 3.63) is 134 Å². The molecule has 442 valence electrons. The fraction of sp³-hybridized carbons (Fsp3) is 0.653. The van der Waals surface area contributed by atoms with Crippen molar-refractivity contribution in [1.29, 1.82) is 0 Å². The molecule has 6 heteroatoms. The number of esters is 3. The summed E-state index contributed by atoms with van der Waals surface area (Å²) in [6.45, 7) is 6.39. The van der Waals surface area contributed by atoms with Crippen LogP contribution in [0.3, 0.4) is 0 Å².